The molecule has 0 bridgehead atoms. The molecule has 2 rings (SSSR count). The number of amides is 1. The van der Waals surface area contributed by atoms with Crippen molar-refractivity contribution in [2.45, 2.75) is 13.8 Å². The Labute approximate surface area is 149 Å². The SMILES string of the molecule is COc1ccc(N(C)C(=O)COc2cccc(OCC(C)C)c2)cc1. The van der Waals surface area contributed by atoms with Gasteiger partial charge in [0, 0.05) is 18.8 Å². The highest BCUT2D eigenvalue weighted by atomic mass is 16.5. The van der Waals surface area contributed by atoms with E-state index in [4.69, 9.17) is 14.2 Å². The van der Waals surface area contributed by atoms with E-state index in [0.29, 0.717) is 18.3 Å². The first-order valence-electron chi connectivity index (χ1n) is 8.26. The highest BCUT2D eigenvalue weighted by Crippen LogP contribution is 2.21. The van der Waals surface area contributed by atoms with E-state index < -0.39 is 0 Å². The van der Waals surface area contributed by atoms with Crippen LogP contribution in [0.3, 0.4) is 0 Å². The Morgan fingerprint density at radius 3 is 2.24 bits per heavy atom. The van der Waals surface area contributed by atoms with Crippen LogP contribution in [0.2, 0.25) is 0 Å². The lowest BCUT2D eigenvalue weighted by Crippen LogP contribution is -2.31. The van der Waals surface area contributed by atoms with E-state index >= 15 is 0 Å². The molecule has 25 heavy (non-hydrogen) atoms. The monoisotopic (exact) mass is 343 g/mol. The lowest BCUT2D eigenvalue weighted by Gasteiger charge is -2.18. The third-order valence-electron chi connectivity index (χ3n) is 3.58. The molecule has 0 radical (unpaired) electrons. The molecule has 134 valence electrons. The van der Waals surface area contributed by atoms with E-state index in [2.05, 4.69) is 13.8 Å². The smallest absolute Gasteiger partial charge is 0.264 e. The summed E-state index contributed by atoms with van der Waals surface area (Å²) in [5.41, 5.74) is 0.781. The van der Waals surface area contributed by atoms with Crippen LogP contribution in [0.25, 0.3) is 0 Å². The van der Waals surface area contributed by atoms with Crippen molar-refractivity contribution in [2.75, 3.05) is 32.3 Å². The highest BCUT2D eigenvalue weighted by Gasteiger charge is 2.12. The maximum atomic E-state index is 12.3. The molecule has 5 nitrogen and oxygen atoms in total. The van der Waals surface area contributed by atoms with Crippen LogP contribution in [0.15, 0.2) is 48.5 Å². The number of carbonyl (C=O) groups is 1. The molecule has 0 spiro atoms. The molecule has 0 fully saturated rings. The van der Waals surface area contributed by atoms with Crippen LogP contribution in [0.1, 0.15) is 13.8 Å². The highest BCUT2D eigenvalue weighted by molar-refractivity contribution is 5.93. The van der Waals surface area contributed by atoms with Gasteiger partial charge in [-0.15, -0.1) is 0 Å². The van der Waals surface area contributed by atoms with Gasteiger partial charge in [0.2, 0.25) is 0 Å². The fourth-order valence-electron chi connectivity index (χ4n) is 2.11. The second-order valence-corrected chi connectivity index (χ2v) is 6.12. The zero-order chi connectivity index (χ0) is 18.2. The number of methoxy groups -OCH3 is 1. The number of hydrogen-bond donors (Lipinski definition) is 0. The Bertz CT molecular complexity index is 682. The zero-order valence-electron chi connectivity index (χ0n) is 15.2. The van der Waals surface area contributed by atoms with E-state index in [0.717, 1.165) is 17.2 Å². The topological polar surface area (TPSA) is 48.0 Å². The molecular weight excluding hydrogens is 318 g/mol. The molecule has 0 N–H and O–H groups in total. The Hall–Kier alpha value is -2.69. The molecule has 0 heterocycles. The summed E-state index contributed by atoms with van der Waals surface area (Å²) in [7, 11) is 3.33. The fraction of sp³-hybridized carbons (Fsp3) is 0.350. The van der Waals surface area contributed by atoms with E-state index in [1.807, 2.05) is 42.5 Å². The van der Waals surface area contributed by atoms with Crippen LogP contribution in [0.5, 0.6) is 17.2 Å². The van der Waals surface area contributed by atoms with Gasteiger partial charge in [-0.1, -0.05) is 19.9 Å². The third-order valence-corrected chi connectivity index (χ3v) is 3.58. The van der Waals surface area contributed by atoms with Crippen molar-refractivity contribution < 1.29 is 19.0 Å². The lowest BCUT2D eigenvalue weighted by molar-refractivity contribution is -0.120. The number of rotatable bonds is 8. The maximum Gasteiger partial charge on any atom is 0.264 e. The predicted molar refractivity (Wildman–Crippen MR) is 98.7 cm³/mol. The van der Waals surface area contributed by atoms with Gasteiger partial charge in [-0.05, 0) is 42.3 Å². The van der Waals surface area contributed by atoms with Gasteiger partial charge in [0.15, 0.2) is 6.61 Å². The molecule has 1 amide bonds. The fourth-order valence-corrected chi connectivity index (χ4v) is 2.11. The molecule has 0 saturated heterocycles. The normalized spacial score (nSPS) is 10.4. The Morgan fingerprint density at radius 2 is 1.64 bits per heavy atom. The zero-order valence-corrected chi connectivity index (χ0v) is 15.2. The number of nitrogens with zero attached hydrogens (tertiary/aromatic N) is 1. The van der Waals surface area contributed by atoms with Crippen LogP contribution in [0.4, 0.5) is 5.69 Å². The minimum atomic E-state index is -0.140. The van der Waals surface area contributed by atoms with Gasteiger partial charge in [-0.3, -0.25) is 4.79 Å². The number of hydrogen-bond acceptors (Lipinski definition) is 4. The summed E-state index contributed by atoms with van der Waals surface area (Å²) in [4.78, 5) is 13.9. The molecule has 0 aliphatic heterocycles. The van der Waals surface area contributed by atoms with Crippen molar-refractivity contribution in [1.29, 1.82) is 0 Å². The Balaban J connectivity index is 1.91. The second kappa shape index (κ2) is 8.97. The average Bonchev–Trinajstić information content (AvgIpc) is 2.64. The number of likely N-dealkylation sites (N-methyl/N-ethyl adjacent to an activating group) is 1. The standard InChI is InChI=1S/C20H25NO4/c1-15(2)13-24-18-6-5-7-19(12-18)25-14-20(22)21(3)16-8-10-17(23-4)11-9-16/h5-12,15H,13-14H2,1-4H3. The second-order valence-electron chi connectivity index (χ2n) is 6.12. The maximum absolute atomic E-state index is 12.3. The summed E-state index contributed by atoms with van der Waals surface area (Å²) in [6.45, 7) is 4.78. The number of carbonyl (C=O) groups excluding carboxylic acids is 1. The van der Waals surface area contributed by atoms with Gasteiger partial charge in [0.1, 0.15) is 17.2 Å². The van der Waals surface area contributed by atoms with Crippen molar-refractivity contribution in [3.05, 3.63) is 48.5 Å². The van der Waals surface area contributed by atoms with Gasteiger partial charge >= 0.3 is 0 Å². The van der Waals surface area contributed by atoms with Crippen molar-refractivity contribution >= 4 is 11.6 Å². The lowest BCUT2D eigenvalue weighted by atomic mass is 10.2. The molecule has 2 aromatic rings. The minimum absolute atomic E-state index is 0.0455. The third kappa shape index (κ3) is 5.71. The first-order chi connectivity index (χ1) is 12.0. The molecule has 0 aliphatic carbocycles. The first-order valence-corrected chi connectivity index (χ1v) is 8.26. The predicted octanol–water partition coefficient (Wildman–Crippen LogP) is 3.77. The summed E-state index contributed by atoms with van der Waals surface area (Å²) in [6.07, 6.45) is 0. The van der Waals surface area contributed by atoms with E-state index in [-0.39, 0.29) is 12.5 Å². The molecule has 5 heteroatoms. The molecule has 0 atom stereocenters. The quantitative estimate of drug-likeness (QED) is 0.732. The van der Waals surface area contributed by atoms with Gasteiger partial charge in [0.25, 0.3) is 5.91 Å². The minimum Gasteiger partial charge on any atom is -0.497 e. The summed E-state index contributed by atoms with van der Waals surface area (Å²) in [5.74, 6) is 2.40. The van der Waals surface area contributed by atoms with Gasteiger partial charge < -0.3 is 19.1 Å². The van der Waals surface area contributed by atoms with Crippen molar-refractivity contribution in [1.82, 2.24) is 0 Å². The summed E-state index contributed by atoms with van der Waals surface area (Å²) in [5, 5.41) is 0. The van der Waals surface area contributed by atoms with E-state index in [1.54, 1.807) is 25.1 Å². The summed E-state index contributed by atoms with van der Waals surface area (Å²) >= 11 is 0. The molecular formula is C20H25NO4. The van der Waals surface area contributed by atoms with Crippen molar-refractivity contribution in [3.8, 4) is 17.2 Å². The summed E-state index contributed by atoms with van der Waals surface area (Å²) in [6, 6.07) is 14.6. The summed E-state index contributed by atoms with van der Waals surface area (Å²) < 4.78 is 16.4. The van der Waals surface area contributed by atoms with E-state index in [1.165, 1.54) is 0 Å². The van der Waals surface area contributed by atoms with Crippen LogP contribution >= 0.6 is 0 Å². The molecule has 0 aliphatic rings. The van der Waals surface area contributed by atoms with Crippen LogP contribution < -0.4 is 19.1 Å². The Morgan fingerprint density at radius 1 is 1.00 bits per heavy atom. The van der Waals surface area contributed by atoms with Crippen LogP contribution in [-0.4, -0.2) is 33.3 Å². The number of ether oxygens (including phenoxy) is 3. The van der Waals surface area contributed by atoms with Crippen LogP contribution in [0, 0.1) is 5.92 Å². The first kappa shape index (κ1) is 18.6. The Kier molecular flexibility index (Phi) is 6.69. The molecule has 2 aromatic carbocycles. The van der Waals surface area contributed by atoms with Gasteiger partial charge in [0.05, 0.1) is 13.7 Å². The largest absolute Gasteiger partial charge is 0.497 e. The molecule has 0 saturated carbocycles. The van der Waals surface area contributed by atoms with Gasteiger partial charge in [-0.25, -0.2) is 0 Å². The van der Waals surface area contributed by atoms with Crippen molar-refractivity contribution in [2.24, 2.45) is 5.92 Å². The van der Waals surface area contributed by atoms with Gasteiger partial charge in [-0.2, -0.15) is 0 Å². The van der Waals surface area contributed by atoms with E-state index in [9.17, 15) is 4.79 Å². The average molecular weight is 343 g/mol. The van der Waals surface area contributed by atoms with Crippen LogP contribution in [-0.2, 0) is 4.79 Å². The molecule has 0 unspecified atom stereocenters. The number of anilines is 1. The number of benzene rings is 2. The molecule has 0 aromatic heterocycles. The van der Waals surface area contributed by atoms with Crippen molar-refractivity contribution in [3.63, 3.8) is 0 Å².